The number of aliphatic carboxylic acids is 1. The molecule has 1 amide bonds. The van der Waals surface area contributed by atoms with E-state index in [1.165, 1.54) is 17.2 Å². The van der Waals surface area contributed by atoms with Gasteiger partial charge in [-0.15, -0.1) is 0 Å². The number of carbonyl (C=O) groups is 2. The van der Waals surface area contributed by atoms with Gasteiger partial charge in [0.25, 0.3) is 0 Å². The molecule has 6 nitrogen and oxygen atoms in total. The van der Waals surface area contributed by atoms with Crippen LogP contribution in [0, 0.1) is 5.92 Å². The van der Waals surface area contributed by atoms with Gasteiger partial charge in [-0.05, 0) is 0 Å². The first-order chi connectivity index (χ1) is 6.68. The van der Waals surface area contributed by atoms with Crippen LogP contribution in [0.15, 0.2) is 16.9 Å². The minimum atomic E-state index is -0.954. The highest BCUT2D eigenvalue weighted by atomic mass is 16.5. The average Bonchev–Trinajstić information content (AvgIpc) is 2.71. The van der Waals surface area contributed by atoms with Crippen molar-refractivity contribution in [2.24, 2.45) is 5.92 Å². The van der Waals surface area contributed by atoms with E-state index in [1.807, 2.05) is 0 Å². The van der Waals surface area contributed by atoms with E-state index in [0.717, 1.165) is 0 Å². The molecule has 0 unspecified atom stereocenters. The Hall–Kier alpha value is -1.85. The van der Waals surface area contributed by atoms with Gasteiger partial charge in [0.15, 0.2) is 5.82 Å². The summed E-state index contributed by atoms with van der Waals surface area (Å²) in [5, 5.41) is 12.3. The second kappa shape index (κ2) is 3.13. The summed E-state index contributed by atoms with van der Waals surface area (Å²) < 4.78 is 4.58. The van der Waals surface area contributed by atoms with Crippen molar-refractivity contribution in [3.63, 3.8) is 0 Å². The minimum Gasteiger partial charge on any atom is -0.481 e. The highest BCUT2D eigenvalue weighted by Crippen LogP contribution is 2.23. The molecular weight excluding hydrogens is 188 g/mol. The Balaban J connectivity index is 2.16. The van der Waals surface area contributed by atoms with Crippen LogP contribution < -0.4 is 4.90 Å². The summed E-state index contributed by atoms with van der Waals surface area (Å²) in [6, 6.07) is 1.53. The molecule has 6 heteroatoms. The Labute approximate surface area is 79.1 Å². The van der Waals surface area contributed by atoms with Crippen molar-refractivity contribution >= 4 is 17.7 Å². The van der Waals surface area contributed by atoms with Crippen LogP contribution in [0.2, 0.25) is 0 Å². The van der Waals surface area contributed by atoms with Crippen molar-refractivity contribution in [1.29, 1.82) is 0 Å². The fourth-order valence-electron chi connectivity index (χ4n) is 1.44. The third-order valence-electron chi connectivity index (χ3n) is 2.18. The monoisotopic (exact) mass is 196 g/mol. The van der Waals surface area contributed by atoms with Gasteiger partial charge < -0.3 is 9.63 Å². The van der Waals surface area contributed by atoms with Crippen molar-refractivity contribution in [3.05, 3.63) is 12.3 Å². The molecular formula is C8H8N2O4. The lowest BCUT2D eigenvalue weighted by molar-refractivity contribution is -0.141. The summed E-state index contributed by atoms with van der Waals surface area (Å²) in [6.45, 7) is 0.167. The van der Waals surface area contributed by atoms with Crippen LogP contribution in [-0.2, 0) is 9.59 Å². The molecule has 1 aromatic rings. The van der Waals surface area contributed by atoms with Crippen molar-refractivity contribution < 1.29 is 19.2 Å². The molecule has 1 aliphatic rings. The largest absolute Gasteiger partial charge is 0.481 e. The molecule has 0 saturated carbocycles. The third kappa shape index (κ3) is 1.34. The van der Waals surface area contributed by atoms with Gasteiger partial charge in [0.2, 0.25) is 5.91 Å². The van der Waals surface area contributed by atoms with Crippen molar-refractivity contribution in [3.8, 4) is 0 Å². The zero-order valence-electron chi connectivity index (χ0n) is 7.21. The summed E-state index contributed by atoms with van der Waals surface area (Å²) in [4.78, 5) is 23.3. The van der Waals surface area contributed by atoms with E-state index in [2.05, 4.69) is 9.68 Å². The molecule has 1 aromatic heterocycles. The normalized spacial score (nSPS) is 21.6. The second-order valence-corrected chi connectivity index (χ2v) is 3.10. The number of carboxylic acid groups (broad SMARTS) is 1. The molecule has 0 bridgehead atoms. The molecule has 0 spiro atoms. The lowest BCUT2D eigenvalue weighted by atomic mass is 10.1. The fourth-order valence-corrected chi connectivity index (χ4v) is 1.44. The van der Waals surface area contributed by atoms with Crippen molar-refractivity contribution in [2.75, 3.05) is 11.4 Å². The predicted molar refractivity (Wildman–Crippen MR) is 44.6 cm³/mol. The Kier molecular flexibility index (Phi) is 1.95. The zero-order valence-corrected chi connectivity index (χ0v) is 7.21. The van der Waals surface area contributed by atoms with E-state index in [1.54, 1.807) is 0 Å². The first-order valence-corrected chi connectivity index (χ1v) is 4.12. The minimum absolute atomic E-state index is 0.0300. The molecule has 74 valence electrons. The number of aromatic nitrogens is 1. The maximum atomic E-state index is 11.4. The average molecular weight is 196 g/mol. The topological polar surface area (TPSA) is 83.6 Å². The van der Waals surface area contributed by atoms with Crippen LogP contribution in [0.5, 0.6) is 0 Å². The summed E-state index contributed by atoms with van der Waals surface area (Å²) in [7, 11) is 0. The number of nitrogens with zero attached hydrogens (tertiary/aromatic N) is 2. The van der Waals surface area contributed by atoms with E-state index in [9.17, 15) is 9.59 Å². The van der Waals surface area contributed by atoms with E-state index in [-0.39, 0.29) is 18.9 Å². The lowest BCUT2D eigenvalue weighted by Crippen LogP contribution is -2.25. The molecule has 14 heavy (non-hydrogen) atoms. The van der Waals surface area contributed by atoms with E-state index in [4.69, 9.17) is 5.11 Å². The Bertz CT molecular complexity index is 359. The maximum Gasteiger partial charge on any atom is 0.308 e. The summed E-state index contributed by atoms with van der Waals surface area (Å²) in [5.41, 5.74) is 0. The Morgan fingerprint density at radius 1 is 1.71 bits per heavy atom. The van der Waals surface area contributed by atoms with Gasteiger partial charge in [0.05, 0.1) is 5.92 Å². The predicted octanol–water partition coefficient (Wildman–Crippen LogP) is 0.112. The van der Waals surface area contributed by atoms with E-state index < -0.39 is 11.9 Å². The fraction of sp³-hybridized carbons (Fsp3) is 0.375. The maximum absolute atomic E-state index is 11.4. The molecule has 1 aliphatic heterocycles. The smallest absolute Gasteiger partial charge is 0.308 e. The molecule has 2 rings (SSSR count). The number of hydrogen-bond donors (Lipinski definition) is 1. The van der Waals surface area contributed by atoms with Gasteiger partial charge in [-0.1, -0.05) is 5.16 Å². The zero-order chi connectivity index (χ0) is 10.1. The molecule has 1 N–H and O–H groups in total. The number of anilines is 1. The standard InChI is InChI=1S/C8H8N2O4/c11-7-3-5(8(12)13)4-10(7)6-1-2-14-9-6/h1-2,5H,3-4H2,(H,12,13)/t5-/m0/s1. The van der Waals surface area contributed by atoms with Crippen LogP contribution in [0.4, 0.5) is 5.82 Å². The Morgan fingerprint density at radius 3 is 3.00 bits per heavy atom. The summed E-state index contributed by atoms with van der Waals surface area (Å²) in [6.07, 6.45) is 1.37. The van der Waals surface area contributed by atoms with Crippen LogP contribution in [0.1, 0.15) is 6.42 Å². The first kappa shape index (κ1) is 8.74. The quantitative estimate of drug-likeness (QED) is 0.725. The van der Waals surface area contributed by atoms with Gasteiger partial charge in [0.1, 0.15) is 6.26 Å². The van der Waals surface area contributed by atoms with Gasteiger partial charge in [-0.2, -0.15) is 0 Å². The molecule has 0 radical (unpaired) electrons. The van der Waals surface area contributed by atoms with E-state index in [0.29, 0.717) is 5.82 Å². The second-order valence-electron chi connectivity index (χ2n) is 3.10. The lowest BCUT2D eigenvalue weighted by Gasteiger charge is -2.10. The molecule has 1 atom stereocenters. The number of rotatable bonds is 2. The van der Waals surface area contributed by atoms with Crippen LogP contribution in [0.3, 0.4) is 0 Å². The molecule has 1 saturated heterocycles. The highest BCUT2D eigenvalue weighted by molar-refractivity contribution is 5.98. The summed E-state index contributed by atoms with van der Waals surface area (Å²) >= 11 is 0. The van der Waals surface area contributed by atoms with Crippen LogP contribution in [-0.4, -0.2) is 28.7 Å². The number of carboxylic acids is 1. The summed E-state index contributed by atoms with van der Waals surface area (Å²) in [5.74, 6) is -1.45. The third-order valence-corrected chi connectivity index (χ3v) is 2.18. The molecule has 0 aromatic carbocycles. The molecule has 1 fully saturated rings. The SMILES string of the molecule is O=C(O)[C@H]1CC(=O)N(c2ccon2)C1. The first-order valence-electron chi connectivity index (χ1n) is 4.12. The number of amides is 1. The number of carbonyl (C=O) groups excluding carboxylic acids is 1. The van der Waals surface area contributed by atoms with Gasteiger partial charge in [-0.25, -0.2) is 0 Å². The van der Waals surface area contributed by atoms with Gasteiger partial charge in [0, 0.05) is 19.0 Å². The van der Waals surface area contributed by atoms with Crippen molar-refractivity contribution in [2.45, 2.75) is 6.42 Å². The number of hydrogen-bond acceptors (Lipinski definition) is 4. The van der Waals surface area contributed by atoms with Crippen LogP contribution in [0.25, 0.3) is 0 Å². The van der Waals surface area contributed by atoms with Crippen molar-refractivity contribution in [1.82, 2.24) is 5.16 Å². The van der Waals surface area contributed by atoms with Gasteiger partial charge >= 0.3 is 5.97 Å². The van der Waals surface area contributed by atoms with E-state index >= 15 is 0 Å². The van der Waals surface area contributed by atoms with Gasteiger partial charge in [-0.3, -0.25) is 14.5 Å². The molecule has 2 heterocycles. The highest BCUT2D eigenvalue weighted by Gasteiger charge is 2.36. The Morgan fingerprint density at radius 2 is 2.50 bits per heavy atom. The van der Waals surface area contributed by atoms with Crippen LogP contribution >= 0.6 is 0 Å². The molecule has 0 aliphatic carbocycles.